The van der Waals surface area contributed by atoms with Crippen molar-refractivity contribution in [1.29, 1.82) is 0 Å². The lowest BCUT2D eigenvalue weighted by Gasteiger charge is -2.09. The topological polar surface area (TPSA) is 29.5 Å². The quantitative estimate of drug-likeness (QED) is 0.874. The average Bonchev–Trinajstić information content (AvgIpc) is 2.47. The van der Waals surface area contributed by atoms with Gasteiger partial charge in [0.1, 0.15) is 19.0 Å². The second-order valence-corrected chi connectivity index (χ2v) is 4.79. The number of halogens is 1. The van der Waals surface area contributed by atoms with Crippen LogP contribution in [-0.2, 0) is 6.61 Å². The van der Waals surface area contributed by atoms with E-state index >= 15 is 0 Å². The minimum absolute atomic E-state index is 0.128. The maximum Gasteiger partial charge on any atom is 0.138 e. The number of hydrogen-bond donors (Lipinski definition) is 1. The zero-order valence-corrected chi connectivity index (χ0v) is 11.9. The van der Waals surface area contributed by atoms with Crippen LogP contribution in [0.5, 0.6) is 5.75 Å². The van der Waals surface area contributed by atoms with Gasteiger partial charge in [-0.15, -0.1) is 0 Å². The molecule has 2 aromatic carbocycles. The first-order valence-corrected chi connectivity index (χ1v) is 6.64. The molecule has 102 valence electrons. The number of aliphatic hydroxyl groups is 1. The number of rotatable bonds is 3. The molecule has 3 heteroatoms. The van der Waals surface area contributed by atoms with Gasteiger partial charge in [0.15, 0.2) is 0 Å². The van der Waals surface area contributed by atoms with E-state index in [1.165, 1.54) is 0 Å². The summed E-state index contributed by atoms with van der Waals surface area (Å²) in [6.45, 7) is 2.32. The van der Waals surface area contributed by atoms with Crippen LogP contribution < -0.4 is 4.74 Å². The summed E-state index contributed by atoms with van der Waals surface area (Å²) in [6.07, 6.45) is 0. The number of aryl methyl sites for hydroxylation is 1. The molecule has 1 N–H and O–H groups in total. The third-order valence-electron chi connectivity index (χ3n) is 2.75. The van der Waals surface area contributed by atoms with Crippen LogP contribution in [0.3, 0.4) is 0 Å². The standard InChI is InChI=1S/C17H15ClO2/c1-13-4-9-16(18)17(11-13)20-12-15-7-5-14(6-8-15)3-2-10-19/h4-9,11,19H,10,12H2,1H3. The van der Waals surface area contributed by atoms with E-state index in [0.717, 1.165) is 16.7 Å². The fourth-order valence-corrected chi connectivity index (χ4v) is 1.88. The molecule has 0 saturated carbocycles. The van der Waals surface area contributed by atoms with Crippen LogP contribution >= 0.6 is 11.6 Å². The van der Waals surface area contributed by atoms with Gasteiger partial charge in [-0.2, -0.15) is 0 Å². The van der Waals surface area contributed by atoms with Gasteiger partial charge in [-0.25, -0.2) is 0 Å². The zero-order chi connectivity index (χ0) is 14.4. The van der Waals surface area contributed by atoms with Crippen molar-refractivity contribution >= 4 is 11.6 Å². The lowest BCUT2D eigenvalue weighted by Crippen LogP contribution is -1.96. The molecule has 0 aliphatic heterocycles. The SMILES string of the molecule is Cc1ccc(Cl)c(OCc2ccc(C#CCO)cc2)c1. The Morgan fingerprint density at radius 3 is 2.60 bits per heavy atom. The Kier molecular flexibility index (Phi) is 5.06. The van der Waals surface area contributed by atoms with E-state index in [1.807, 2.05) is 49.4 Å². The molecule has 0 heterocycles. The fourth-order valence-electron chi connectivity index (χ4n) is 1.71. The fraction of sp³-hybridized carbons (Fsp3) is 0.176. The van der Waals surface area contributed by atoms with Gasteiger partial charge >= 0.3 is 0 Å². The van der Waals surface area contributed by atoms with Crippen molar-refractivity contribution < 1.29 is 9.84 Å². The Morgan fingerprint density at radius 1 is 1.15 bits per heavy atom. The molecule has 20 heavy (non-hydrogen) atoms. The van der Waals surface area contributed by atoms with Gasteiger partial charge in [-0.3, -0.25) is 0 Å². The van der Waals surface area contributed by atoms with E-state index < -0.39 is 0 Å². The summed E-state index contributed by atoms with van der Waals surface area (Å²) in [5.74, 6) is 6.15. The minimum Gasteiger partial charge on any atom is -0.487 e. The molecule has 0 bridgehead atoms. The molecule has 0 spiro atoms. The third-order valence-corrected chi connectivity index (χ3v) is 3.06. The van der Waals surface area contributed by atoms with Gasteiger partial charge < -0.3 is 9.84 Å². The van der Waals surface area contributed by atoms with Crippen LogP contribution in [-0.4, -0.2) is 11.7 Å². The molecule has 0 aliphatic carbocycles. The van der Waals surface area contributed by atoms with Gasteiger partial charge in [-0.1, -0.05) is 41.6 Å². The summed E-state index contributed by atoms with van der Waals surface area (Å²) in [5.41, 5.74) is 3.02. The van der Waals surface area contributed by atoms with E-state index in [2.05, 4.69) is 11.8 Å². The Labute approximate surface area is 124 Å². The molecule has 0 unspecified atom stereocenters. The number of ether oxygens (including phenoxy) is 1. The minimum atomic E-state index is -0.128. The molecule has 0 amide bonds. The highest BCUT2D eigenvalue weighted by molar-refractivity contribution is 6.32. The molecule has 0 aromatic heterocycles. The second-order valence-electron chi connectivity index (χ2n) is 4.38. The van der Waals surface area contributed by atoms with E-state index in [9.17, 15) is 0 Å². The van der Waals surface area contributed by atoms with Gasteiger partial charge in [0.25, 0.3) is 0 Å². The molecular weight excluding hydrogens is 272 g/mol. The highest BCUT2D eigenvalue weighted by atomic mass is 35.5. The molecule has 0 saturated heterocycles. The Bertz CT molecular complexity index is 636. The van der Waals surface area contributed by atoms with E-state index in [1.54, 1.807) is 0 Å². The Morgan fingerprint density at radius 2 is 1.90 bits per heavy atom. The van der Waals surface area contributed by atoms with E-state index in [-0.39, 0.29) is 6.61 Å². The van der Waals surface area contributed by atoms with Crippen molar-refractivity contribution in [2.45, 2.75) is 13.5 Å². The Hall–Kier alpha value is -1.95. The molecule has 0 atom stereocenters. The summed E-state index contributed by atoms with van der Waals surface area (Å²) in [5, 5.41) is 9.25. The number of hydrogen-bond acceptors (Lipinski definition) is 2. The highest BCUT2D eigenvalue weighted by Gasteiger charge is 2.02. The van der Waals surface area contributed by atoms with Gasteiger partial charge in [-0.05, 0) is 42.3 Å². The van der Waals surface area contributed by atoms with E-state index in [4.69, 9.17) is 21.4 Å². The van der Waals surface area contributed by atoms with Crippen LogP contribution in [0.15, 0.2) is 42.5 Å². The van der Waals surface area contributed by atoms with Crippen molar-refractivity contribution in [3.63, 3.8) is 0 Å². The van der Waals surface area contributed by atoms with Gasteiger partial charge in [0, 0.05) is 5.56 Å². The summed E-state index contributed by atoms with van der Waals surface area (Å²) in [4.78, 5) is 0. The highest BCUT2D eigenvalue weighted by Crippen LogP contribution is 2.26. The smallest absolute Gasteiger partial charge is 0.138 e. The van der Waals surface area contributed by atoms with Crippen LogP contribution in [0.2, 0.25) is 5.02 Å². The number of benzene rings is 2. The first-order chi connectivity index (χ1) is 9.69. The summed E-state index contributed by atoms with van der Waals surface area (Å²) in [7, 11) is 0. The van der Waals surface area contributed by atoms with Gasteiger partial charge in [0.2, 0.25) is 0 Å². The van der Waals surface area contributed by atoms with Gasteiger partial charge in [0.05, 0.1) is 5.02 Å². The predicted octanol–water partition coefficient (Wildman–Crippen LogP) is 3.57. The van der Waals surface area contributed by atoms with Crippen LogP contribution in [0.1, 0.15) is 16.7 Å². The maximum atomic E-state index is 8.63. The van der Waals surface area contributed by atoms with Crippen LogP contribution in [0, 0.1) is 18.8 Å². The summed E-state index contributed by atoms with van der Waals surface area (Å²) in [6, 6.07) is 13.4. The molecule has 0 aliphatic rings. The van der Waals surface area contributed by atoms with Crippen molar-refractivity contribution in [2.24, 2.45) is 0 Å². The lowest BCUT2D eigenvalue weighted by molar-refractivity contribution is 0.306. The first kappa shape index (κ1) is 14.5. The van der Waals surface area contributed by atoms with Crippen molar-refractivity contribution in [3.8, 4) is 17.6 Å². The van der Waals surface area contributed by atoms with Crippen LogP contribution in [0.25, 0.3) is 0 Å². The maximum absolute atomic E-state index is 8.63. The van der Waals surface area contributed by atoms with Crippen molar-refractivity contribution in [1.82, 2.24) is 0 Å². The normalized spacial score (nSPS) is 9.75. The summed E-state index contributed by atoms with van der Waals surface area (Å²) >= 11 is 6.08. The molecule has 0 radical (unpaired) electrons. The van der Waals surface area contributed by atoms with Crippen molar-refractivity contribution in [2.75, 3.05) is 6.61 Å². The zero-order valence-electron chi connectivity index (χ0n) is 11.2. The predicted molar refractivity (Wildman–Crippen MR) is 80.9 cm³/mol. The Balaban J connectivity index is 2.02. The summed E-state index contributed by atoms with van der Waals surface area (Å²) < 4.78 is 5.72. The number of aliphatic hydroxyl groups excluding tert-OH is 1. The average molecular weight is 287 g/mol. The lowest BCUT2D eigenvalue weighted by atomic mass is 10.1. The third kappa shape index (κ3) is 4.03. The first-order valence-electron chi connectivity index (χ1n) is 6.26. The molecule has 2 aromatic rings. The molecule has 0 fully saturated rings. The largest absolute Gasteiger partial charge is 0.487 e. The molecule has 2 rings (SSSR count). The molecular formula is C17H15ClO2. The second kappa shape index (κ2) is 7.00. The molecule has 2 nitrogen and oxygen atoms in total. The van der Waals surface area contributed by atoms with Crippen LogP contribution in [0.4, 0.5) is 0 Å². The van der Waals surface area contributed by atoms with E-state index in [0.29, 0.717) is 17.4 Å². The van der Waals surface area contributed by atoms with Crippen molar-refractivity contribution in [3.05, 3.63) is 64.2 Å². The monoisotopic (exact) mass is 286 g/mol.